The molecular formula is C13H23F3N2. The van der Waals surface area contributed by atoms with Gasteiger partial charge in [-0.2, -0.15) is 13.2 Å². The lowest BCUT2D eigenvalue weighted by molar-refractivity contribution is -0.189. The van der Waals surface area contributed by atoms with E-state index < -0.39 is 12.1 Å². The van der Waals surface area contributed by atoms with Crippen LogP contribution in [0.5, 0.6) is 0 Å². The predicted molar refractivity (Wildman–Crippen MR) is 65.2 cm³/mol. The number of hydrogen-bond donors (Lipinski definition) is 1. The molecule has 0 aromatic carbocycles. The fraction of sp³-hybridized carbons (Fsp3) is 1.00. The Kier molecular flexibility index (Phi) is 4.54. The van der Waals surface area contributed by atoms with E-state index in [9.17, 15) is 13.2 Å². The van der Waals surface area contributed by atoms with Crippen LogP contribution >= 0.6 is 0 Å². The van der Waals surface area contributed by atoms with Gasteiger partial charge in [-0.05, 0) is 32.2 Å². The summed E-state index contributed by atoms with van der Waals surface area (Å²) in [5, 5.41) is 0. The molecule has 2 aliphatic rings. The number of hydrogen-bond acceptors (Lipinski definition) is 2. The van der Waals surface area contributed by atoms with Crippen molar-refractivity contribution in [2.75, 3.05) is 13.1 Å². The topological polar surface area (TPSA) is 29.3 Å². The highest BCUT2D eigenvalue weighted by atomic mass is 19.4. The third-order valence-electron chi connectivity index (χ3n) is 4.42. The maximum atomic E-state index is 12.8. The zero-order valence-corrected chi connectivity index (χ0v) is 10.8. The highest BCUT2D eigenvalue weighted by molar-refractivity contribution is 4.89. The van der Waals surface area contributed by atoms with Crippen LogP contribution in [0.3, 0.4) is 0 Å². The summed E-state index contributed by atoms with van der Waals surface area (Å²) in [6.45, 7) is 0.937. The summed E-state index contributed by atoms with van der Waals surface area (Å²) in [7, 11) is 0. The van der Waals surface area contributed by atoms with Gasteiger partial charge >= 0.3 is 6.18 Å². The third kappa shape index (κ3) is 3.38. The summed E-state index contributed by atoms with van der Waals surface area (Å²) in [6, 6.07) is 0.220. The lowest BCUT2D eigenvalue weighted by atomic mass is 9.93. The van der Waals surface area contributed by atoms with Crippen molar-refractivity contribution in [2.24, 2.45) is 11.7 Å². The second-order valence-electron chi connectivity index (χ2n) is 5.74. The predicted octanol–water partition coefficient (Wildman–Crippen LogP) is 2.92. The smallest absolute Gasteiger partial charge is 0.326 e. The van der Waals surface area contributed by atoms with Crippen molar-refractivity contribution in [2.45, 2.75) is 63.2 Å². The molecule has 2 N–H and O–H groups in total. The Morgan fingerprint density at radius 1 is 0.944 bits per heavy atom. The van der Waals surface area contributed by atoms with Crippen LogP contribution in [0.25, 0.3) is 0 Å². The van der Waals surface area contributed by atoms with Gasteiger partial charge in [0.2, 0.25) is 0 Å². The van der Waals surface area contributed by atoms with Crippen LogP contribution in [0.2, 0.25) is 0 Å². The Balaban J connectivity index is 1.98. The van der Waals surface area contributed by atoms with Gasteiger partial charge in [0.25, 0.3) is 0 Å². The van der Waals surface area contributed by atoms with Crippen LogP contribution in [0, 0.1) is 5.92 Å². The van der Waals surface area contributed by atoms with Gasteiger partial charge in [0.05, 0.1) is 5.92 Å². The van der Waals surface area contributed by atoms with Crippen LogP contribution in [0.4, 0.5) is 13.2 Å². The first-order chi connectivity index (χ1) is 8.48. The molecule has 18 heavy (non-hydrogen) atoms. The Morgan fingerprint density at radius 2 is 1.67 bits per heavy atom. The van der Waals surface area contributed by atoms with Crippen LogP contribution in [-0.2, 0) is 0 Å². The Hall–Kier alpha value is -0.290. The fourth-order valence-electron chi connectivity index (χ4n) is 3.34. The van der Waals surface area contributed by atoms with E-state index >= 15 is 0 Å². The summed E-state index contributed by atoms with van der Waals surface area (Å²) in [5.41, 5.74) is 6.14. The standard InChI is InChI=1S/C13H23F3N2/c14-13(15,16)10-5-4-8-18(9-10)12-7-3-1-2-6-11(12)17/h10-12H,1-9,17H2. The highest BCUT2D eigenvalue weighted by Gasteiger charge is 2.43. The van der Waals surface area contributed by atoms with Gasteiger partial charge in [-0.25, -0.2) is 0 Å². The summed E-state index contributed by atoms with van der Waals surface area (Å²) >= 11 is 0. The van der Waals surface area contributed by atoms with Crippen molar-refractivity contribution >= 4 is 0 Å². The van der Waals surface area contributed by atoms with Gasteiger partial charge in [-0.1, -0.05) is 19.3 Å². The molecule has 0 radical (unpaired) electrons. The summed E-state index contributed by atoms with van der Waals surface area (Å²) in [5.74, 6) is -1.15. The number of halogens is 3. The number of likely N-dealkylation sites (tertiary alicyclic amines) is 1. The van der Waals surface area contributed by atoms with Crippen LogP contribution in [-0.4, -0.2) is 36.2 Å². The quantitative estimate of drug-likeness (QED) is 0.738. The van der Waals surface area contributed by atoms with E-state index in [1.165, 1.54) is 6.42 Å². The molecule has 1 saturated carbocycles. The van der Waals surface area contributed by atoms with Crippen molar-refractivity contribution in [1.29, 1.82) is 0 Å². The second-order valence-corrected chi connectivity index (χ2v) is 5.74. The average Bonchev–Trinajstić information content (AvgIpc) is 2.53. The third-order valence-corrected chi connectivity index (χ3v) is 4.42. The van der Waals surface area contributed by atoms with Gasteiger partial charge in [-0.15, -0.1) is 0 Å². The first-order valence-electron chi connectivity index (χ1n) is 7.05. The van der Waals surface area contributed by atoms with E-state index in [-0.39, 0.29) is 25.0 Å². The van der Waals surface area contributed by atoms with Crippen molar-refractivity contribution in [1.82, 2.24) is 4.90 Å². The molecule has 106 valence electrons. The zero-order valence-electron chi connectivity index (χ0n) is 10.8. The van der Waals surface area contributed by atoms with Gasteiger partial charge in [0.1, 0.15) is 0 Å². The molecule has 3 unspecified atom stereocenters. The maximum Gasteiger partial charge on any atom is 0.393 e. The normalized spacial score (nSPS) is 36.3. The molecule has 1 saturated heterocycles. The first kappa shape index (κ1) is 14.1. The van der Waals surface area contributed by atoms with E-state index in [0.29, 0.717) is 6.42 Å². The molecule has 0 aromatic rings. The largest absolute Gasteiger partial charge is 0.393 e. The van der Waals surface area contributed by atoms with Crippen LogP contribution in [0.1, 0.15) is 44.9 Å². The first-order valence-corrected chi connectivity index (χ1v) is 7.05. The van der Waals surface area contributed by atoms with Crippen molar-refractivity contribution < 1.29 is 13.2 Å². The van der Waals surface area contributed by atoms with Gasteiger partial charge in [-0.3, -0.25) is 4.90 Å². The van der Waals surface area contributed by atoms with Gasteiger partial charge in [0.15, 0.2) is 0 Å². The molecule has 0 aromatic heterocycles. The molecule has 1 aliphatic carbocycles. The van der Waals surface area contributed by atoms with E-state index in [1.54, 1.807) is 0 Å². The molecule has 0 amide bonds. The van der Waals surface area contributed by atoms with E-state index in [2.05, 4.69) is 0 Å². The van der Waals surface area contributed by atoms with Crippen molar-refractivity contribution in [3.63, 3.8) is 0 Å². The summed E-state index contributed by atoms with van der Waals surface area (Å²) < 4.78 is 38.4. The fourth-order valence-corrected chi connectivity index (χ4v) is 3.34. The zero-order chi connectivity index (χ0) is 13.2. The second kappa shape index (κ2) is 5.78. The Labute approximate surface area is 107 Å². The summed E-state index contributed by atoms with van der Waals surface area (Å²) in [6.07, 6.45) is 2.19. The number of nitrogens with two attached hydrogens (primary N) is 1. The van der Waals surface area contributed by atoms with E-state index in [4.69, 9.17) is 5.73 Å². The van der Waals surface area contributed by atoms with E-state index in [0.717, 1.165) is 32.2 Å². The van der Waals surface area contributed by atoms with Gasteiger partial charge in [0, 0.05) is 18.6 Å². The monoisotopic (exact) mass is 264 g/mol. The molecular weight excluding hydrogens is 241 g/mol. The number of nitrogens with zero attached hydrogens (tertiary/aromatic N) is 1. The maximum absolute atomic E-state index is 12.8. The molecule has 1 aliphatic heterocycles. The minimum atomic E-state index is -4.05. The Morgan fingerprint density at radius 3 is 2.39 bits per heavy atom. The van der Waals surface area contributed by atoms with Crippen LogP contribution in [0.15, 0.2) is 0 Å². The lowest BCUT2D eigenvalue weighted by Gasteiger charge is -2.40. The number of piperidine rings is 1. The molecule has 2 rings (SSSR count). The van der Waals surface area contributed by atoms with Gasteiger partial charge < -0.3 is 5.73 Å². The van der Waals surface area contributed by atoms with Crippen LogP contribution < -0.4 is 5.73 Å². The summed E-state index contributed by atoms with van der Waals surface area (Å²) in [4.78, 5) is 2.01. The molecule has 5 heteroatoms. The molecule has 0 spiro atoms. The molecule has 3 atom stereocenters. The molecule has 2 nitrogen and oxygen atoms in total. The highest BCUT2D eigenvalue weighted by Crippen LogP contribution is 2.35. The SMILES string of the molecule is NC1CCCCCC1N1CCCC(C(F)(F)F)C1. The lowest BCUT2D eigenvalue weighted by Crippen LogP contribution is -2.52. The van der Waals surface area contributed by atoms with E-state index in [1.807, 2.05) is 4.90 Å². The molecule has 0 bridgehead atoms. The average molecular weight is 264 g/mol. The minimum absolute atomic E-state index is 0.0551. The van der Waals surface area contributed by atoms with Crippen molar-refractivity contribution in [3.05, 3.63) is 0 Å². The molecule has 2 fully saturated rings. The number of alkyl halides is 3. The molecule has 1 heterocycles. The minimum Gasteiger partial charge on any atom is -0.326 e. The number of rotatable bonds is 1. The van der Waals surface area contributed by atoms with Crippen molar-refractivity contribution in [3.8, 4) is 0 Å². The Bertz CT molecular complexity index is 267.